The number of rotatable bonds is 6. The summed E-state index contributed by atoms with van der Waals surface area (Å²) in [5.74, 6) is -0.737. The van der Waals surface area contributed by atoms with Crippen molar-refractivity contribution in [1.82, 2.24) is 4.90 Å². The quantitative estimate of drug-likeness (QED) is 0.370. The van der Waals surface area contributed by atoms with Gasteiger partial charge in [-0.2, -0.15) is 0 Å². The van der Waals surface area contributed by atoms with Crippen LogP contribution in [-0.2, 0) is 4.79 Å². The highest BCUT2D eigenvalue weighted by Gasteiger charge is 2.36. The Morgan fingerprint density at radius 2 is 1.09 bits per heavy atom. The second kappa shape index (κ2) is 9.43. The second-order valence-electron chi connectivity index (χ2n) is 8.61. The molecule has 1 aliphatic heterocycles. The molecule has 0 radical (unpaired) electrons. The van der Waals surface area contributed by atoms with E-state index in [2.05, 4.69) is 77.7 Å². The monoisotopic (exact) mass is 433 g/mol. The number of carboxylic acid groups (broad SMARTS) is 1. The van der Waals surface area contributed by atoms with Gasteiger partial charge in [0.2, 0.25) is 0 Å². The first-order valence-electron chi connectivity index (χ1n) is 11.5. The highest BCUT2D eigenvalue weighted by molar-refractivity contribution is 5.74. The van der Waals surface area contributed by atoms with Gasteiger partial charge in [-0.05, 0) is 46.2 Å². The molecule has 0 amide bonds. The van der Waals surface area contributed by atoms with Crippen molar-refractivity contribution in [3.63, 3.8) is 0 Å². The van der Waals surface area contributed by atoms with Crippen LogP contribution in [0.25, 0.3) is 22.3 Å². The molecule has 4 aromatic rings. The third-order valence-electron chi connectivity index (χ3n) is 6.58. The van der Waals surface area contributed by atoms with Crippen molar-refractivity contribution in [2.24, 2.45) is 0 Å². The van der Waals surface area contributed by atoms with E-state index in [0.717, 1.165) is 35.2 Å². The van der Waals surface area contributed by atoms with E-state index < -0.39 is 12.0 Å². The van der Waals surface area contributed by atoms with Crippen molar-refractivity contribution in [3.8, 4) is 22.3 Å². The molecule has 5 rings (SSSR count). The fourth-order valence-electron chi connectivity index (χ4n) is 4.92. The molecule has 1 unspecified atom stereocenters. The first kappa shape index (κ1) is 21.2. The Balaban J connectivity index is 1.52. The number of hydrogen-bond donors (Lipinski definition) is 1. The molecule has 1 N–H and O–H groups in total. The highest BCUT2D eigenvalue weighted by atomic mass is 16.4. The van der Waals surface area contributed by atoms with Gasteiger partial charge in [-0.15, -0.1) is 0 Å². The molecule has 1 saturated heterocycles. The van der Waals surface area contributed by atoms with Crippen molar-refractivity contribution in [2.45, 2.75) is 24.9 Å². The van der Waals surface area contributed by atoms with Crippen molar-refractivity contribution in [2.75, 3.05) is 6.54 Å². The average Bonchev–Trinajstić information content (AvgIpc) is 3.36. The lowest BCUT2D eigenvalue weighted by molar-refractivity contribution is -0.142. The first-order valence-corrected chi connectivity index (χ1v) is 11.5. The SMILES string of the molecule is O=C(O)C1CCCN1C(c1ccc(-c2ccccc2)cc1)c1ccc(-c2ccccc2)cc1. The molecule has 3 heteroatoms. The maximum atomic E-state index is 12.0. The van der Waals surface area contributed by atoms with Gasteiger partial charge in [0.1, 0.15) is 6.04 Å². The first-order chi connectivity index (χ1) is 16.2. The largest absolute Gasteiger partial charge is 0.480 e. The van der Waals surface area contributed by atoms with Crippen LogP contribution in [-0.4, -0.2) is 28.6 Å². The third kappa shape index (κ3) is 4.46. The van der Waals surface area contributed by atoms with Crippen molar-refractivity contribution in [3.05, 3.63) is 120 Å². The van der Waals surface area contributed by atoms with E-state index in [1.165, 1.54) is 11.1 Å². The molecule has 0 aliphatic carbocycles. The van der Waals surface area contributed by atoms with Gasteiger partial charge in [-0.1, -0.05) is 109 Å². The maximum absolute atomic E-state index is 12.0. The summed E-state index contributed by atoms with van der Waals surface area (Å²) in [6, 6.07) is 37.2. The summed E-state index contributed by atoms with van der Waals surface area (Å²) >= 11 is 0. The van der Waals surface area contributed by atoms with Gasteiger partial charge in [0, 0.05) is 6.54 Å². The Kier molecular flexibility index (Phi) is 6.05. The van der Waals surface area contributed by atoms with Crippen molar-refractivity contribution >= 4 is 5.97 Å². The Hall–Kier alpha value is -3.69. The molecule has 164 valence electrons. The van der Waals surface area contributed by atoms with E-state index in [-0.39, 0.29) is 6.04 Å². The summed E-state index contributed by atoms with van der Waals surface area (Å²) < 4.78 is 0. The summed E-state index contributed by atoms with van der Waals surface area (Å²) in [6.07, 6.45) is 1.59. The Morgan fingerprint density at radius 3 is 1.52 bits per heavy atom. The minimum Gasteiger partial charge on any atom is -0.480 e. The van der Waals surface area contributed by atoms with E-state index in [1.54, 1.807) is 0 Å². The van der Waals surface area contributed by atoms with Crippen LogP contribution in [0.2, 0.25) is 0 Å². The van der Waals surface area contributed by atoms with E-state index in [4.69, 9.17) is 0 Å². The summed E-state index contributed by atoms with van der Waals surface area (Å²) in [4.78, 5) is 14.2. The number of nitrogens with zero attached hydrogens (tertiary/aromatic N) is 1. The number of aliphatic carboxylic acids is 1. The summed E-state index contributed by atoms with van der Waals surface area (Å²) in [5, 5.41) is 9.87. The predicted octanol–water partition coefficient (Wildman–Crippen LogP) is 6.66. The summed E-state index contributed by atoms with van der Waals surface area (Å²) in [5.41, 5.74) is 6.92. The van der Waals surface area contributed by atoms with Crippen LogP contribution >= 0.6 is 0 Å². The van der Waals surface area contributed by atoms with Crippen LogP contribution in [0.5, 0.6) is 0 Å². The van der Waals surface area contributed by atoms with Crippen molar-refractivity contribution in [1.29, 1.82) is 0 Å². The van der Waals surface area contributed by atoms with Gasteiger partial charge in [0.15, 0.2) is 0 Å². The summed E-state index contributed by atoms with van der Waals surface area (Å²) in [7, 11) is 0. The number of carboxylic acids is 1. The molecule has 1 atom stereocenters. The smallest absolute Gasteiger partial charge is 0.320 e. The van der Waals surface area contributed by atoms with E-state index >= 15 is 0 Å². The lowest BCUT2D eigenvalue weighted by atomic mass is 9.93. The van der Waals surface area contributed by atoms with Gasteiger partial charge >= 0.3 is 5.97 Å². The number of hydrogen-bond acceptors (Lipinski definition) is 2. The lowest BCUT2D eigenvalue weighted by Gasteiger charge is -2.32. The summed E-state index contributed by atoms with van der Waals surface area (Å²) in [6.45, 7) is 0.780. The molecule has 3 nitrogen and oxygen atoms in total. The average molecular weight is 434 g/mol. The van der Waals surface area contributed by atoms with Crippen molar-refractivity contribution < 1.29 is 9.90 Å². The third-order valence-corrected chi connectivity index (χ3v) is 6.58. The van der Waals surface area contributed by atoms with E-state index in [1.807, 2.05) is 36.4 Å². The molecular weight excluding hydrogens is 406 g/mol. The molecule has 1 heterocycles. The molecule has 0 bridgehead atoms. The molecule has 33 heavy (non-hydrogen) atoms. The van der Waals surface area contributed by atoms with Crippen LogP contribution in [0, 0.1) is 0 Å². The zero-order valence-corrected chi connectivity index (χ0v) is 18.5. The van der Waals surface area contributed by atoms with Gasteiger partial charge in [-0.3, -0.25) is 9.69 Å². The number of carbonyl (C=O) groups is 1. The van der Waals surface area contributed by atoms with Gasteiger partial charge < -0.3 is 5.11 Å². The van der Waals surface area contributed by atoms with Crippen LogP contribution in [0.4, 0.5) is 0 Å². The second-order valence-corrected chi connectivity index (χ2v) is 8.61. The zero-order valence-electron chi connectivity index (χ0n) is 18.5. The van der Waals surface area contributed by atoms with Crippen LogP contribution in [0.1, 0.15) is 30.0 Å². The zero-order chi connectivity index (χ0) is 22.6. The molecule has 0 saturated carbocycles. The molecule has 1 aliphatic rings. The van der Waals surface area contributed by atoms with Gasteiger partial charge in [0.05, 0.1) is 6.04 Å². The van der Waals surface area contributed by atoms with E-state index in [0.29, 0.717) is 6.42 Å². The van der Waals surface area contributed by atoms with Gasteiger partial charge in [-0.25, -0.2) is 0 Å². The van der Waals surface area contributed by atoms with E-state index in [9.17, 15) is 9.90 Å². The Bertz CT molecular complexity index is 1120. The predicted molar refractivity (Wildman–Crippen MR) is 133 cm³/mol. The van der Waals surface area contributed by atoms with Crippen LogP contribution in [0.3, 0.4) is 0 Å². The lowest BCUT2D eigenvalue weighted by Crippen LogP contribution is -2.39. The molecule has 0 spiro atoms. The minimum absolute atomic E-state index is 0.0942. The Labute approximate surface area is 195 Å². The molecule has 4 aromatic carbocycles. The molecular formula is C30H27NO2. The van der Waals surface area contributed by atoms with Gasteiger partial charge in [0.25, 0.3) is 0 Å². The minimum atomic E-state index is -0.737. The highest BCUT2D eigenvalue weighted by Crippen LogP contribution is 2.36. The normalized spacial score (nSPS) is 16.2. The topological polar surface area (TPSA) is 40.5 Å². The van der Waals surface area contributed by atoms with Crippen LogP contribution in [0.15, 0.2) is 109 Å². The number of benzene rings is 4. The maximum Gasteiger partial charge on any atom is 0.320 e. The molecule has 1 fully saturated rings. The standard InChI is InChI=1S/C30H27NO2/c32-30(33)28-12-7-21-31(28)29(26-17-13-24(14-18-26)22-8-3-1-4-9-22)27-19-15-25(16-20-27)23-10-5-2-6-11-23/h1-6,8-11,13-20,28-29H,7,12,21H2,(H,32,33). The molecule has 0 aromatic heterocycles. The number of likely N-dealkylation sites (tertiary alicyclic amines) is 1. The fraction of sp³-hybridized carbons (Fsp3) is 0.167. The van der Waals surface area contributed by atoms with Crippen LogP contribution < -0.4 is 0 Å². The fourth-order valence-corrected chi connectivity index (χ4v) is 4.92. The Morgan fingerprint density at radius 1 is 0.667 bits per heavy atom.